The van der Waals surface area contributed by atoms with E-state index in [1.54, 1.807) is 0 Å². The van der Waals surface area contributed by atoms with Gasteiger partial charge in [-0.3, -0.25) is 0 Å². The molecule has 1 aliphatic rings. The highest BCUT2D eigenvalue weighted by atomic mass is 16.3. The van der Waals surface area contributed by atoms with Crippen molar-refractivity contribution in [2.45, 2.75) is 0 Å². The summed E-state index contributed by atoms with van der Waals surface area (Å²) in [7, 11) is 0. The van der Waals surface area contributed by atoms with Crippen LogP contribution in [0.25, 0.3) is 110 Å². The fourth-order valence-electron chi connectivity index (χ4n) is 8.88. The molecule has 12 rings (SSSR count). The molecule has 0 aliphatic heterocycles. The largest absolute Gasteiger partial charge is 0.454 e. The molecule has 49 heavy (non-hydrogen) atoms. The average Bonchev–Trinajstić information content (AvgIpc) is 3.90. The Morgan fingerprint density at radius 3 is 1.78 bits per heavy atom. The van der Waals surface area contributed by atoms with Crippen LogP contribution >= 0.6 is 0 Å². The summed E-state index contributed by atoms with van der Waals surface area (Å²) in [6, 6.07) is 57.4. The van der Waals surface area contributed by atoms with E-state index in [1.165, 1.54) is 76.8 Å². The van der Waals surface area contributed by atoms with Gasteiger partial charge in [0.25, 0.3) is 0 Å². The summed E-state index contributed by atoms with van der Waals surface area (Å²) >= 11 is 0. The Bertz CT molecular complexity index is 3180. The molecule has 0 fully saturated rings. The van der Waals surface area contributed by atoms with Crippen molar-refractivity contribution in [3.63, 3.8) is 0 Å². The Balaban J connectivity index is 1.32. The minimum absolute atomic E-state index is 0.906. The fourth-order valence-corrected chi connectivity index (χ4v) is 8.88. The third-order valence-electron chi connectivity index (χ3n) is 10.8. The number of para-hydroxylation sites is 3. The molecule has 0 N–H and O–H groups in total. The molecular weight excluding hydrogens is 597 g/mol. The summed E-state index contributed by atoms with van der Waals surface area (Å²) in [4.78, 5) is 0. The van der Waals surface area contributed by atoms with Gasteiger partial charge in [-0.15, -0.1) is 0 Å². The first-order valence-corrected chi connectivity index (χ1v) is 16.9. The molecule has 3 nitrogen and oxygen atoms in total. The number of fused-ring (bicyclic) bond motifs is 14. The zero-order valence-electron chi connectivity index (χ0n) is 26.3. The molecule has 3 heteroatoms. The van der Waals surface area contributed by atoms with Crippen molar-refractivity contribution in [3.8, 4) is 33.6 Å². The topological polar surface area (TPSA) is 23.0 Å². The highest BCUT2D eigenvalue weighted by Gasteiger charge is 2.27. The molecule has 3 aromatic heterocycles. The van der Waals surface area contributed by atoms with E-state index in [1.807, 2.05) is 6.07 Å². The van der Waals surface area contributed by atoms with Crippen molar-refractivity contribution in [2.24, 2.45) is 0 Å². The molecule has 1 aliphatic carbocycles. The van der Waals surface area contributed by atoms with Crippen LogP contribution in [0.3, 0.4) is 0 Å². The molecule has 0 atom stereocenters. The van der Waals surface area contributed by atoms with Gasteiger partial charge in [-0.25, -0.2) is 0 Å². The van der Waals surface area contributed by atoms with E-state index in [-0.39, 0.29) is 0 Å². The second kappa shape index (κ2) is 9.06. The smallest absolute Gasteiger partial charge is 0.160 e. The van der Waals surface area contributed by atoms with Crippen LogP contribution in [-0.2, 0) is 0 Å². The molecule has 3 heterocycles. The van der Waals surface area contributed by atoms with Gasteiger partial charge in [-0.05, 0) is 64.0 Å². The maximum absolute atomic E-state index is 6.74. The van der Waals surface area contributed by atoms with Crippen LogP contribution in [-0.4, -0.2) is 9.13 Å². The first-order valence-electron chi connectivity index (χ1n) is 16.9. The molecule has 8 aromatic carbocycles. The molecular formula is C46H26N2O. The molecule has 0 unspecified atom stereocenters. The molecule has 0 spiro atoms. The van der Waals surface area contributed by atoms with Crippen molar-refractivity contribution in [3.05, 3.63) is 158 Å². The molecule has 226 valence electrons. The van der Waals surface area contributed by atoms with E-state index < -0.39 is 0 Å². The van der Waals surface area contributed by atoms with E-state index in [0.29, 0.717) is 0 Å². The Hall–Kier alpha value is -6.58. The minimum atomic E-state index is 0.906. The van der Waals surface area contributed by atoms with Crippen LogP contribution in [0.2, 0.25) is 0 Å². The highest BCUT2D eigenvalue weighted by Crippen LogP contribution is 2.50. The molecule has 0 amide bonds. The van der Waals surface area contributed by atoms with E-state index in [0.717, 1.165) is 33.1 Å². The van der Waals surface area contributed by atoms with Crippen LogP contribution in [0.5, 0.6) is 0 Å². The number of benzene rings is 8. The van der Waals surface area contributed by atoms with E-state index in [9.17, 15) is 0 Å². The lowest BCUT2D eigenvalue weighted by Crippen LogP contribution is -1.99. The summed E-state index contributed by atoms with van der Waals surface area (Å²) in [6.07, 6.45) is 0. The Morgan fingerprint density at radius 1 is 0.347 bits per heavy atom. The van der Waals surface area contributed by atoms with Crippen molar-refractivity contribution in [1.82, 2.24) is 9.13 Å². The SMILES string of the molecule is c1ccc(-n2c3c(ccc4c5ccccc5oc43)c3ccc4c5ccccc5n(-c5ccc6c7c(cccc57)-c5ccccc5-6)c4c32)cc1. The lowest BCUT2D eigenvalue weighted by Gasteiger charge is -2.15. The second-order valence-electron chi connectivity index (χ2n) is 13.2. The minimum Gasteiger partial charge on any atom is -0.454 e. The summed E-state index contributed by atoms with van der Waals surface area (Å²) in [6.45, 7) is 0. The van der Waals surface area contributed by atoms with Crippen LogP contribution in [0, 0.1) is 0 Å². The van der Waals surface area contributed by atoms with Crippen LogP contribution in [0.15, 0.2) is 162 Å². The van der Waals surface area contributed by atoms with Gasteiger partial charge in [0.05, 0.1) is 27.8 Å². The quantitative estimate of drug-likeness (QED) is 0.188. The first-order chi connectivity index (χ1) is 24.3. The van der Waals surface area contributed by atoms with Gasteiger partial charge in [0.2, 0.25) is 0 Å². The first kappa shape index (κ1) is 25.5. The zero-order chi connectivity index (χ0) is 31.8. The monoisotopic (exact) mass is 622 g/mol. The zero-order valence-corrected chi connectivity index (χ0v) is 26.3. The van der Waals surface area contributed by atoms with Gasteiger partial charge < -0.3 is 13.6 Å². The van der Waals surface area contributed by atoms with Crippen molar-refractivity contribution in [1.29, 1.82) is 0 Å². The molecule has 11 aromatic rings. The third kappa shape index (κ3) is 3.13. The van der Waals surface area contributed by atoms with Gasteiger partial charge in [-0.1, -0.05) is 121 Å². The predicted octanol–water partition coefficient (Wildman–Crippen LogP) is 12.6. The summed E-state index contributed by atoms with van der Waals surface area (Å²) in [5.41, 5.74) is 14.0. The van der Waals surface area contributed by atoms with Gasteiger partial charge in [0.1, 0.15) is 5.58 Å². The van der Waals surface area contributed by atoms with E-state index >= 15 is 0 Å². The van der Waals surface area contributed by atoms with Gasteiger partial charge in [0.15, 0.2) is 5.58 Å². The van der Waals surface area contributed by atoms with Crippen LogP contribution in [0.1, 0.15) is 0 Å². The predicted molar refractivity (Wildman–Crippen MR) is 204 cm³/mol. The average molecular weight is 623 g/mol. The lowest BCUT2D eigenvalue weighted by atomic mass is 10.0. The van der Waals surface area contributed by atoms with Crippen molar-refractivity contribution in [2.75, 3.05) is 0 Å². The lowest BCUT2D eigenvalue weighted by molar-refractivity contribution is 0.671. The Morgan fingerprint density at radius 2 is 0.939 bits per heavy atom. The second-order valence-corrected chi connectivity index (χ2v) is 13.2. The number of aromatic nitrogens is 2. The molecule has 0 bridgehead atoms. The summed E-state index contributed by atoms with van der Waals surface area (Å²) in [5, 5.41) is 9.71. The van der Waals surface area contributed by atoms with Gasteiger partial charge in [0, 0.05) is 43.4 Å². The Labute approximate surface area is 280 Å². The standard InChI is InChI=1S/C46H26N2O/c1-2-11-27(12-3-1)47-43-35(36-23-24-37-31-16-7-9-20-41(31)49-46(37)45(36)47)22-21-34-30-15-6-8-19-39(30)48(44(34)43)40-26-25-33-29-14-5-4-13-28(29)32-17-10-18-38(40)42(32)33/h1-26H. The highest BCUT2D eigenvalue weighted by molar-refractivity contribution is 6.28. The number of rotatable bonds is 2. The van der Waals surface area contributed by atoms with Crippen molar-refractivity contribution < 1.29 is 4.42 Å². The number of nitrogens with zero attached hydrogens (tertiary/aromatic N) is 2. The van der Waals surface area contributed by atoms with Crippen LogP contribution in [0.4, 0.5) is 0 Å². The molecule has 0 saturated carbocycles. The maximum atomic E-state index is 6.74. The fraction of sp³-hybridized carbons (Fsp3) is 0. The summed E-state index contributed by atoms with van der Waals surface area (Å²) in [5.74, 6) is 0. The van der Waals surface area contributed by atoms with Gasteiger partial charge >= 0.3 is 0 Å². The number of hydrogen-bond donors (Lipinski definition) is 0. The Kier molecular flexibility index (Phi) is 4.72. The van der Waals surface area contributed by atoms with E-state index in [2.05, 4.69) is 161 Å². The maximum Gasteiger partial charge on any atom is 0.160 e. The van der Waals surface area contributed by atoms with Crippen molar-refractivity contribution >= 4 is 76.3 Å². The number of hydrogen-bond acceptors (Lipinski definition) is 1. The summed E-state index contributed by atoms with van der Waals surface area (Å²) < 4.78 is 11.7. The normalized spacial score (nSPS) is 12.5. The van der Waals surface area contributed by atoms with Crippen LogP contribution < -0.4 is 0 Å². The molecule has 0 radical (unpaired) electrons. The number of furan rings is 1. The van der Waals surface area contributed by atoms with Gasteiger partial charge in [-0.2, -0.15) is 0 Å². The molecule has 0 saturated heterocycles. The third-order valence-corrected chi connectivity index (χ3v) is 10.8. The van der Waals surface area contributed by atoms with E-state index in [4.69, 9.17) is 4.42 Å².